The molecule has 0 unspecified atom stereocenters. The monoisotopic (exact) mass is 1290 g/mol. The van der Waals surface area contributed by atoms with Crippen LogP contribution in [-0.4, -0.2) is 6.71 Å². The van der Waals surface area contributed by atoms with Gasteiger partial charge in [0.2, 0.25) is 0 Å². The molecule has 490 valence electrons. The van der Waals surface area contributed by atoms with Crippen molar-refractivity contribution >= 4 is 74.3 Å². The van der Waals surface area contributed by atoms with Crippen molar-refractivity contribution in [3.63, 3.8) is 0 Å². The van der Waals surface area contributed by atoms with Crippen LogP contribution in [0, 0.1) is 0 Å². The molecule has 12 aromatic carbocycles. The van der Waals surface area contributed by atoms with Gasteiger partial charge in [-0.1, -0.05) is 293 Å². The molecule has 0 spiro atoms. The first-order valence-electron chi connectivity index (χ1n) is 35.7. The molecule has 4 heterocycles. The molecule has 99 heavy (non-hydrogen) atoms. The van der Waals surface area contributed by atoms with E-state index in [9.17, 15) is 0 Å². The molecule has 0 saturated heterocycles. The molecule has 0 N–H and O–H groups in total. The van der Waals surface area contributed by atoms with Crippen molar-refractivity contribution < 1.29 is 4.74 Å². The maximum absolute atomic E-state index is 7.31. The van der Waals surface area contributed by atoms with E-state index in [4.69, 9.17) is 4.74 Å². The van der Waals surface area contributed by atoms with Crippen LogP contribution in [0.4, 0.5) is 51.2 Å². The fraction of sp³-hybridized carbons (Fsp3) is 0.234. The fourth-order valence-electron chi connectivity index (χ4n) is 16.3. The molecule has 0 aromatic heterocycles. The Morgan fingerprint density at radius 1 is 0.273 bits per heavy atom. The summed E-state index contributed by atoms with van der Waals surface area (Å²) in [6, 6.07) is 97.5. The van der Waals surface area contributed by atoms with E-state index in [1.54, 1.807) is 0 Å². The summed E-state index contributed by atoms with van der Waals surface area (Å²) in [4.78, 5) is 7.78. The van der Waals surface area contributed by atoms with Gasteiger partial charge in [0, 0.05) is 67.6 Å². The molecule has 0 atom stereocenters. The molecule has 0 radical (unpaired) electrons. The summed E-state index contributed by atoms with van der Waals surface area (Å²) in [5.41, 5.74) is 32.4. The third kappa shape index (κ3) is 10.6. The summed E-state index contributed by atoms with van der Waals surface area (Å²) in [5.74, 6) is 1.77. The highest BCUT2D eigenvalue weighted by Gasteiger charge is 2.48. The van der Waals surface area contributed by atoms with Gasteiger partial charge >= 0.3 is 0 Å². The molecule has 4 nitrogen and oxygen atoms in total. The molecule has 0 saturated carbocycles. The summed E-state index contributed by atoms with van der Waals surface area (Å²) in [6.07, 6.45) is 0. The number of ether oxygens (including phenoxy) is 1. The zero-order chi connectivity index (χ0) is 69.0. The van der Waals surface area contributed by atoms with Crippen molar-refractivity contribution in [2.24, 2.45) is 0 Å². The van der Waals surface area contributed by atoms with Crippen LogP contribution < -0.4 is 35.8 Å². The lowest BCUT2D eigenvalue weighted by Crippen LogP contribution is -2.61. The minimum atomic E-state index is -0.398. The van der Waals surface area contributed by atoms with Crippen molar-refractivity contribution in [2.45, 2.75) is 143 Å². The predicted octanol–water partition coefficient (Wildman–Crippen LogP) is 24.2. The van der Waals surface area contributed by atoms with Crippen molar-refractivity contribution in [3.8, 4) is 56.0 Å². The Morgan fingerprint density at radius 3 is 1.26 bits per heavy atom. The van der Waals surface area contributed by atoms with Crippen LogP contribution >= 0.6 is 0 Å². The smallest absolute Gasteiger partial charge is 0.252 e. The Kier molecular flexibility index (Phi) is 14.6. The molecule has 5 heteroatoms. The SMILES string of the molecule is CC(C)(C)c1cc(-c2ccccc2N2c3ccc(-c4ccccc4)cc3B3c4cc5c(cc4N(c4ccccc4-c4cc(C(C)(C)C)cc(C(C)(C)C)c4)c4cc(-c6ccc7c(c6)C(C)(C)c6ccccc6N7c6ccccc6)cc2c43)Oc2ccccc2C5(C)C)cc(C(C)(C)C)c1. The maximum atomic E-state index is 7.31. The first-order chi connectivity index (χ1) is 47.1. The van der Waals surface area contributed by atoms with E-state index in [0.29, 0.717) is 0 Å². The van der Waals surface area contributed by atoms with Gasteiger partial charge in [0.25, 0.3) is 6.71 Å². The number of anilines is 9. The fourth-order valence-corrected chi connectivity index (χ4v) is 16.3. The van der Waals surface area contributed by atoms with E-state index in [-0.39, 0.29) is 33.8 Å². The van der Waals surface area contributed by atoms with Gasteiger partial charge in [-0.15, -0.1) is 0 Å². The lowest BCUT2D eigenvalue weighted by atomic mass is 9.33. The molecule has 0 aliphatic carbocycles. The lowest BCUT2D eigenvalue weighted by molar-refractivity contribution is 0.418. The largest absolute Gasteiger partial charge is 0.457 e. The number of nitrogens with zero attached hydrogens (tertiary/aromatic N) is 3. The van der Waals surface area contributed by atoms with Gasteiger partial charge in [0.15, 0.2) is 0 Å². The first-order valence-corrected chi connectivity index (χ1v) is 35.7. The second kappa shape index (κ2) is 22.7. The Bertz CT molecular complexity index is 5170. The summed E-state index contributed by atoms with van der Waals surface area (Å²) >= 11 is 0. The minimum Gasteiger partial charge on any atom is -0.457 e. The van der Waals surface area contributed by atoms with E-state index < -0.39 is 5.41 Å². The van der Waals surface area contributed by atoms with Crippen LogP contribution in [0.5, 0.6) is 11.5 Å². The van der Waals surface area contributed by atoms with Crippen molar-refractivity contribution in [2.75, 3.05) is 14.7 Å². The normalized spacial score (nSPS) is 14.8. The molecule has 4 aliphatic rings. The van der Waals surface area contributed by atoms with Crippen molar-refractivity contribution in [1.82, 2.24) is 0 Å². The van der Waals surface area contributed by atoms with Crippen LogP contribution in [0.25, 0.3) is 44.5 Å². The Morgan fingerprint density at radius 2 is 0.707 bits per heavy atom. The zero-order valence-corrected chi connectivity index (χ0v) is 60.6. The summed E-state index contributed by atoms with van der Waals surface area (Å²) in [5, 5.41) is 0. The minimum absolute atomic E-state index is 0.100. The number of para-hydroxylation sites is 5. The van der Waals surface area contributed by atoms with E-state index in [2.05, 4.69) is 380 Å². The van der Waals surface area contributed by atoms with Crippen LogP contribution in [0.3, 0.4) is 0 Å². The molecule has 0 fully saturated rings. The topological polar surface area (TPSA) is 19.0 Å². The first kappa shape index (κ1) is 63.6. The van der Waals surface area contributed by atoms with Crippen molar-refractivity contribution in [3.05, 3.63) is 299 Å². The van der Waals surface area contributed by atoms with Crippen LogP contribution in [0.1, 0.15) is 155 Å². The van der Waals surface area contributed by atoms with Gasteiger partial charge < -0.3 is 19.4 Å². The standard InChI is InChI=1S/C94H90BN3O/c1-89(2,3)65-47-63(48-66(55-65)90(4,5)6)70-35-23-27-39-78(70)97-82-46-44-61(59-31-19-17-20-32-59)52-76(82)95-77-57-75-87(99-86-42-30-26-38-73(86)94(75,15)16)58-83(77)98(79-40-28-24-36-71(79)64-49-67(91(7,8)9)56-68(50-64)92(10,11)12)85-54-62(53-84(97)88(85)95)60-43-45-81-74(51-60)93(13,14)72-37-25-29-41-80(72)96(81)69-33-21-18-22-34-69/h17-58H,1-16H3. The summed E-state index contributed by atoms with van der Waals surface area (Å²) in [7, 11) is 0. The number of hydrogen-bond donors (Lipinski definition) is 0. The molecular formula is C94H90BN3O. The van der Waals surface area contributed by atoms with Crippen LogP contribution in [-0.2, 0) is 32.5 Å². The molecule has 0 amide bonds. The molecular weight excluding hydrogens is 1200 g/mol. The Hall–Kier alpha value is -10.1. The number of fused-ring (bicyclic) bond motifs is 8. The molecule has 12 aromatic rings. The van der Waals surface area contributed by atoms with Crippen LogP contribution in [0.2, 0.25) is 0 Å². The third-order valence-corrected chi connectivity index (χ3v) is 22.0. The summed E-state index contributed by atoms with van der Waals surface area (Å²) in [6.45, 7) is 37.6. The molecule has 16 rings (SSSR count). The van der Waals surface area contributed by atoms with Crippen LogP contribution in [0.15, 0.2) is 255 Å². The van der Waals surface area contributed by atoms with Gasteiger partial charge in [-0.3, -0.25) is 0 Å². The maximum Gasteiger partial charge on any atom is 0.252 e. The molecule has 4 aliphatic heterocycles. The average Bonchev–Trinajstić information content (AvgIpc) is 0.687. The Labute approximate surface area is 588 Å². The van der Waals surface area contributed by atoms with Gasteiger partial charge in [-0.25, -0.2) is 0 Å². The average molecular weight is 1290 g/mol. The van der Waals surface area contributed by atoms with E-state index in [1.807, 2.05) is 0 Å². The molecule has 0 bridgehead atoms. The highest BCUT2D eigenvalue weighted by Crippen LogP contribution is 2.57. The van der Waals surface area contributed by atoms with E-state index >= 15 is 0 Å². The van der Waals surface area contributed by atoms with Crippen molar-refractivity contribution in [1.29, 1.82) is 0 Å². The lowest BCUT2D eigenvalue weighted by Gasteiger charge is -2.46. The van der Waals surface area contributed by atoms with Gasteiger partial charge in [-0.2, -0.15) is 0 Å². The third-order valence-electron chi connectivity index (χ3n) is 22.0. The highest BCUT2D eigenvalue weighted by atomic mass is 16.5. The number of benzene rings is 12. The highest BCUT2D eigenvalue weighted by molar-refractivity contribution is 7.00. The predicted molar refractivity (Wildman–Crippen MR) is 422 cm³/mol. The summed E-state index contributed by atoms with van der Waals surface area (Å²) < 4.78 is 7.31. The van der Waals surface area contributed by atoms with Gasteiger partial charge in [-0.05, 0) is 172 Å². The quantitative estimate of drug-likeness (QED) is 0.148. The zero-order valence-electron chi connectivity index (χ0n) is 60.6. The van der Waals surface area contributed by atoms with Gasteiger partial charge in [0.1, 0.15) is 11.5 Å². The second-order valence-corrected chi connectivity index (χ2v) is 33.5. The van der Waals surface area contributed by atoms with Gasteiger partial charge in [0.05, 0.1) is 22.7 Å². The Balaban J connectivity index is 1.05. The van der Waals surface area contributed by atoms with E-state index in [0.717, 1.165) is 68.0 Å². The second-order valence-electron chi connectivity index (χ2n) is 33.5. The number of rotatable bonds is 7. The van der Waals surface area contributed by atoms with E-state index in [1.165, 1.54) is 100 Å². The number of hydrogen-bond acceptors (Lipinski definition) is 4.